The molecule has 3 aliphatic heterocycles. The van der Waals surface area contributed by atoms with Crippen molar-refractivity contribution in [1.82, 2.24) is 0 Å². The highest BCUT2D eigenvalue weighted by molar-refractivity contribution is 6.75. The molecular weight excluding hydrogens is 865 g/mol. The van der Waals surface area contributed by atoms with Crippen molar-refractivity contribution < 1.29 is 56.0 Å². The summed E-state index contributed by atoms with van der Waals surface area (Å²) in [6, 6.07) is 19.7. The summed E-state index contributed by atoms with van der Waals surface area (Å²) >= 11 is 0. The number of rotatable bonds is 17. The Bertz CT molecular complexity index is 1790. The topological polar surface area (TPSA) is 119 Å². The number of benzene rings is 2. The quantitative estimate of drug-likeness (QED) is 0.0853. The van der Waals surface area contributed by atoms with Crippen LogP contribution in [0.2, 0.25) is 54.4 Å². The Kier molecular flexibility index (Phi) is 17.4. The molecule has 0 aliphatic carbocycles. The van der Waals surface area contributed by atoms with Crippen molar-refractivity contribution in [2.24, 2.45) is 0 Å². The van der Waals surface area contributed by atoms with Crippen LogP contribution in [0.5, 0.6) is 0 Å². The van der Waals surface area contributed by atoms with Gasteiger partial charge in [0.1, 0.15) is 42.7 Å². The van der Waals surface area contributed by atoms with Crippen LogP contribution in [0.1, 0.15) is 86.7 Å². The van der Waals surface area contributed by atoms with Crippen LogP contribution in [0, 0.1) is 0 Å². The van der Waals surface area contributed by atoms with E-state index < -0.39 is 98.6 Å². The van der Waals surface area contributed by atoms with Crippen LogP contribution in [-0.4, -0.2) is 112 Å². The van der Waals surface area contributed by atoms with E-state index >= 15 is 0 Å². The van der Waals surface area contributed by atoms with Crippen molar-refractivity contribution in [3.8, 4) is 0 Å². The third-order valence-electron chi connectivity index (χ3n) is 14.1. The zero-order valence-electron chi connectivity index (χ0n) is 41.6. The smallest absolute Gasteiger partial charge is 0.303 e. The summed E-state index contributed by atoms with van der Waals surface area (Å²) in [7, 11) is -7.61. The van der Waals surface area contributed by atoms with E-state index in [4.69, 9.17) is 51.2 Å². The van der Waals surface area contributed by atoms with Gasteiger partial charge >= 0.3 is 5.97 Å². The van der Waals surface area contributed by atoms with Gasteiger partial charge in [-0.25, -0.2) is 0 Å². The zero-order valence-corrected chi connectivity index (χ0v) is 44.6. The molecule has 0 amide bonds. The highest BCUT2D eigenvalue weighted by Gasteiger charge is 2.59. The Morgan fingerprint density at radius 2 is 1.25 bits per heavy atom. The van der Waals surface area contributed by atoms with Gasteiger partial charge in [0.05, 0.1) is 26.4 Å². The number of carbonyl (C=O) groups is 1. The summed E-state index contributed by atoms with van der Waals surface area (Å²) in [6.45, 7) is 39.1. The number of hydrogen-bond donors (Lipinski definition) is 0. The van der Waals surface area contributed by atoms with E-state index in [9.17, 15) is 4.79 Å². The third-order valence-corrected chi connectivity index (χ3v) is 27.5. The van der Waals surface area contributed by atoms with E-state index in [-0.39, 0.29) is 41.5 Å². The summed E-state index contributed by atoms with van der Waals surface area (Å²) in [4.78, 5) is 13.2. The van der Waals surface area contributed by atoms with Crippen LogP contribution in [0.4, 0.5) is 0 Å². The lowest BCUT2D eigenvalue weighted by Crippen LogP contribution is -2.69. The first-order valence-corrected chi connectivity index (χ1v) is 31.7. The van der Waals surface area contributed by atoms with E-state index in [2.05, 4.69) is 108 Å². The SMILES string of the molecule is C=CCO[C@H]1[C@H]2O[C@@H](c3ccccc3)OC[C@H]2O[C@@H](O[C@H]2[C@H](O[Si](C)(C)C(C)(C)C)[C@@H](OC(C)=O)[C@@H](OCc3ccccc3)O[C@@H]2CO[Si](C)(C)C(C)(C)C)[C@@H]1O[Si](C)(C)C(C)(C)C. The zero-order chi connectivity index (χ0) is 47.5. The molecule has 0 spiro atoms. The van der Waals surface area contributed by atoms with Gasteiger partial charge in [-0.2, -0.15) is 0 Å². The highest BCUT2D eigenvalue weighted by atomic mass is 28.4. The van der Waals surface area contributed by atoms with E-state index in [1.54, 1.807) is 6.08 Å². The van der Waals surface area contributed by atoms with E-state index in [0.29, 0.717) is 0 Å². The number of ether oxygens (including phenoxy) is 8. The molecule has 11 atom stereocenters. The summed E-state index contributed by atoms with van der Waals surface area (Å²) < 4.78 is 76.0. The molecule has 2 aromatic rings. The predicted molar refractivity (Wildman–Crippen MR) is 256 cm³/mol. The van der Waals surface area contributed by atoms with Gasteiger partial charge in [0.25, 0.3) is 0 Å². The van der Waals surface area contributed by atoms with Crippen molar-refractivity contribution in [2.45, 2.75) is 198 Å². The van der Waals surface area contributed by atoms with Crippen molar-refractivity contribution in [3.63, 3.8) is 0 Å². The Morgan fingerprint density at radius 3 is 1.80 bits per heavy atom. The highest BCUT2D eigenvalue weighted by Crippen LogP contribution is 2.46. The van der Waals surface area contributed by atoms with Crippen LogP contribution in [0.25, 0.3) is 0 Å². The minimum Gasteiger partial charge on any atom is -0.454 e. The van der Waals surface area contributed by atoms with Gasteiger partial charge in [-0.3, -0.25) is 4.79 Å². The van der Waals surface area contributed by atoms with Gasteiger partial charge in [0.2, 0.25) is 0 Å². The molecule has 64 heavy (non-hydrogen) atoms. The first kappa shape index (κ1) is 52.9. The van der Waals surface area contributed by atoms with Crippen LogP contribution < -0.4 is 0 Å². The molecule has 0 saturated carbocycles. The second-order valence-electron chi connectivity index (χ2n) is 22.1. The van der Waals surface area contributed by atoms with Crippen LogP contribution in [-0.2, 0) is 62.6 Å². The molecule has 0 unspecified atom stereocenters. The van der Waals surface area contributed by atoms with Crippen LogP contribution in [0.3, 0.4) is 0 Å². The van der Waals surface area contributed by atoms with Gasteiger partial charge in [-0.15, -0.1) is 6.58 Å². The minimum absolute atomic E-state index is 0.101. The number of fused-ring (bicyclic) bond motifs is 1. The fourth-order valence-electron chi connectivity index (χ4n) is 7.14. The van der Waals surface area contributed by atoms with Crippen LogP contribution in [0.15, 0.2) is 73.3 Å². The molecule has 2 aromatic carbocycles. The molecular formula is C49H80O12Si3. The molecule has 3 fully saturated rings. The lowest BCUT2D eigenvalue weighted by molar-refractivity contribution is -0.385. The lowest BCUT2D eigenvalue weighted by atomic mass is 9.96. The number of carbonyl (C=O) groups excluding carboxylic acids is 1. The predicted octanol–water partition coefficient (Wildman–Crippen LogP) is 10.5. The maximum absolute atomic E-state index is 13.2. The first-order valence-electron chi connectivity index (χ1n) is 23.0. The van der Waals surface area contributed by atoms with Gasteiger partial charge in [-0.1, -0.05) is 129 Å². The van der Waals surface area contributed by atoms with E-state index in [0.717, 1.165) is 11.1 Å². The molecule has 15 heteroatoms. The molecule has 0 aromatic heterocycles. The standard InChI is InChI=1S/C49H80O12Si3/c1-18-29-51-40-38-36(31-53-44(58-38)35-27-23-20-24-28-35)57-46(43(40)61-64(16,17)49(9,10)11)59-39-37(32-54-62(12,13)47(3,4)5)56-45(52-30-34-25-21-19-22-26-34)42(55-33(2)50)41(39)60-63(14,15)48(6,7)8/h18-28,36-46H,1,29-32H2,2-17H3/t36-,37-,38+,39-,40+,41+,42-,43-,44+,45+,46+/m1/s1. The average molecular weight is 945 g/mol. The van der Waals surface area contributed by atoms with Crippen molar-refractivity contribution in [1.29, 1.82) is 0 Å². The van der Waals surface area contributed by atoms with E-state index in [1.807, 2.05) is 60.7 Å². The second kappa shape index (κ2) is 21.0. The molecule has 0 N–H and O–H groups in total. The van der Waals surface area contributed by atoms with Crippen molar-refractivity contribution >= 4 is 30.9 Å². The Hall–Kier alpha value is -2.10. The third kappa shape index (κ3) is 12.9. The van der Waals surface area contributed by atoms with Gasteiger partial charge in [0, 0.05) is 12.5 Å². The largest absolute Gasteiger partial charge is 0.454 e. The maximum atomic E-state index is 13.2. The summed E-state index contributed by atoms with van der Waals surface area (Å²) in [5.74, 6) is -0.501. The lowest BCUT2D eigenvalue weighted by Gasteiger charge is -2.54. The Labute approximate surface area is 387 Å². The number of esters is 1. The normalized spacial score (nSPS) is 29.8. The van der Waals surface area contributed by atoms with Gasteiger partial charge in [-0.05, 0) is 60.0 Å². The Balaban J connectivity index is 1.65. The molecule has 12 nitrogen and oxygen atoms in total. The molecule has 0 bridgehead atoms. The molecule has 0 radical (unpaired) electrons. The molecule has 5 rings (SSSR count). The molecule has 360 valence electrons. The second-order valence-corrected chi connectivity index (χ2v) is 36.4. The molecule has 3 saturated heterocycles. The summed E-state index contributed by atoms with van der Waals surface area (Å²) in [5.41, 5.74) is 1.83. The fraction of sp³-hybridized carbons (Fsp3) is 0.694. The maximum Gasteiger partial charge on any atom is 0.303 e. The summed E-state index contributed by atoms with van der Waals surface area (Å²) in [5, 5.41) is -0.523. The minimum atomic E-state index is -2.66. The number of hydrogen-bond acceptors (Lipinski definition) is 12. The Morgan fingerprint density at radius 1 is 0.688 bits per heavy atom. The van der Waals surface area contributed by atoms with Crippen LogP contribution >= 0.6 is 0 Å². The van der Waals surface area contributed by atoms with Crippen molar-refractivity contribution in [3.05, 3.63) is 84.4 Å². The van der Waals surface area contributed by atoms with Gasteiger partial charge in [0.15, 0.2) is 49.9 Å². The first-order chi connectivity index (χ1) is 29.7. The van der Waals surface area contributed by atoms with Gasteiger partial charge < -0.3 is 51.2 Å². The van der Waals surface area contributed by atoms with E-state index in [1.165, 1.54) is 6.92 Å². The fourth-order valence-corrected chi connectivity index (χ4v) is 10.7. The molecule has 3 aliphatic rings. The molecule has 3 heterocycles. The monoisotopic (exact) mass is 944 g/mol. The van der Waals surface area contributed by atoms with Crippen molar-refractivity contribution in [2.75, 3.05) is 19.8 Å². The summed E-state index contributed by atoms with van der Waals surface area (Å²) in [6.07, 6.45) is -7.20. The average Bonchev–Trinajstić information content (AvgIpc) is 3.20.